The van der Waals surface area contributed by atoms with Crippen molar-refractivity contribution >= 4 is 23.1 Å². The topological polar surface area (TPSA) is 67.4 Å². The number of Topliss-reactive ketones (excluding diaryl/α,β-unsaturated/α-hetero) is 1. The number of fused-ring (bicyclic) bond motifs is 1. The fraction of sp³-hybridized carbons (Fsp3) is 0.200. The maximum Gasteiger partial charge on any atom is 0.338 e. The first-order valence-electron chi connectivity index (χ1n) is 8.19. The lowest BCUT2D eigenvalue weighted by Crippen LogP contribution is -2.08. The second-order valence-electron chi connectivity index (χ2n) is 5.92. The molecule has 0 radical (unpaired) electrons. The van der Waals surface area contributed by atoms with Crippen LogP contribution in [0, 0.1) is 0 Å². The van der Waals surface area contributed by atoms with Gasteiger partial charge >= 0.3 is 5.97 Å². The average molecular weight is 336 g/mol. The van der Waals surface area contributed by atoms with Crippen LogP contribution in [0.5, 0.6) is 0 Å². The predicted octanol–water partition coefficient (Wildman–Crippen LogP) is 3.53. The van der Waals surface area contributed by atoms with E-state index in [4.69, 9.17) is 4.74 Å². The molecule has 1 aliphatic heterocycles. The molecule has 0 atom stereocenters. The monoisotopic (exact) mass is 336 g/mol. The number of nitrogens with one attached hydrogen (secondary N) is 2. The van der Waals surface area contributed by atoms with Crippen molar-refractivity contribution in [1.29, 1.82) is 0 Å². The molecule has 0 saturated carbocycles. The maximum absolute atomic E-state index is 12.3. The largest absolute Gasteiger partial charge is 0.462 e. The summed E-state index contributed by atoms with van der Waals surface area (Å²) in [5.41, 5.74) is 4.24. The summed E-state index contributed by atoms with van der Waals surface area (Å²) in [7, 11) is 0. The molecule has 25 heavy (non-hydrogen) atoms. The predicted molar refractivity (Wildman–Crippen MR) is 97.6 cm³/mol. The molecular formula is C20H20N2O3. The highest BCUT2D eigenvalue weighted by molar-refractivity contribution is 5.90. The lowest BCUT2D eigenvalue weighted by molar-refractivity contribution is -0.117. The molecular weight excluding hydrogens is 316 g/mol. The number of ketones is 1. The van der Waals surface area contributed by atoms with Crippen LogP contribution < -0.4 is 10.6 Å². The zero-order valence-electron chi connectivity index (χ0n) is 14.1. The third-order valence-electron chi connectivity index (χ3n) is 3.92. The van der Waals surface area contributed by atoms with Crippen LogP contribution in [0.3, 0.4) is 0 Å². The molecule has 2 aromatic carbocycles. The highest BCUT2D eigenvalue weighted by Gasteiger charge is 2.14. The number of hydrogen-bond acceptors (Lipinski definition) is 5. The van der Waals surface area contributed by atoms with Gasteiger partial charge in [-0.05, 0) is 42.3 Å². The van der Waals surface area contributed by atoms with Gasteiger partial charge < -0.3 is 15.4 Å². The first kappa shape index (κ1) is 16.8. The van der Waals surface area contributed by atoms with Crippen molar-refractivity contribution < 1.29 is 14.3 Å². The maximum atomic E-state index is 12.3. The van der Waals surface area contributed by atoms with Crippen molar-refractivity contribution in [2.75, 3.05) is 17.2 Å². The lowest BCUT2D eigenvalue weighted by atomic mass is 10.0. The minimum absolute atomic E-state index is 0.119. The van der Waals surface area contributed by atoms with Gasteiger partial charge in [0.15, 0.2) is 0 Å². The molecule has 128 valence electrons. The molecule has 1 heterocycles. The van der Waals surface area contributed by atoms with Crippen molar-refractivity contribution in [2.45, 2.75) is 19.8 Å². The number of ether oxygens (including phenoxy) is 1. The minimum atomic E-state index is -0.346. The van der Waals surface area contributed by atoms with E-state index in [-0.39, 0.29) is 11.8 Å². The van der Waals surface area contributed by atoms with Crippen molar-refractivity contribution in [3.05, 3.63) is 71.6 Å². The van der Waals surface area contributed by atoms with E-state index in [2.05, 4.69) is 17.2 Å². The summed E-state index contributed by atoms with van der Waals surface area (Å²) in [6, 6.07) is 12.8. The first-order valence-corrected chi connectivity index (χ1v) is 8.19. The minimum Gasteiger partial charge on any atom is -0.462 e. The van der Waals surface area contributed by atoms with Gasteiger partial charge in [0.25, 0.3) is 0 Å². The van der Waals surface area contributed by atoms with Crippen LogP contribution >= 0.6 is 0 Å². The Labute approximate surface area is 146 Å². The molecule has 0 spiro atoms. The fourth-order valence-electron chi connectivity index (χ4n) is 2.76. The van der Waals surface area contributed by atoms with Gasteiger partial charge in [-0.2, -0.15) is 0 Å². The number of esters is 1. The SMILES string of the molecule is C=C1Nc2ccc(CC(=O)Cc3ccc(C(=O)OCC)cc3)cc2N1. The van der Waals surface area contributed by atoms with Crippen LogP contribution in [0.15, 0.2) is 54.9 Å². The quantitative estimate of drug-likeness (QED) is 0.790. The van der Waals surface area contributed by atoms with E-state index in [1.807, 2.05) is 18.2 Å². The zero-order valence-corrected chi connectivity index (χ0v) is 14.1. The Morgan fingerprint density at radius 3 is 2.32 bits per heavy atom. The van der Waals surface area contributed by atoms with Gasteiger partial charge in [0.1, 0.15) is 11.6 Å². The van der Waals surface area contributed by atoms with E-state index in [0.717, 1.165) is 28.3 Å². The molecule has 5 heteroatoms. The second kappa shape index (κ2) is 7.21. The summed E-state index contributed by atoms with van der Waals surface area (Å²) >= 11 is 0. The molecule has 2 aromatic rings. The second-order valence-corrected chi connectivity index (χ2v) is 5.92. The van der Waals surface area contributed by atoms with Crippen molar-refractivity contribution in [2.24, 2.45) is 0 Å². The molecule has 0 amide bonds. The summed E-state index contributed by atoms with van der Waals surface area (Å²) in [6.45, 7) is 5.94. The van der Waals surface area contributed by atoms with Crippen LogP contribution in [-0.4, -0.2) is 18.4 Å². The Bertz CT molecular complexity index is 825. The lowest BCUT2D eigenvalue weighted by Gasteiger charge is -2.06. The molecule has 0 saturated heterocycles. The van der Waals surface area contributed by atoms with Crippen LogP contribution in [0.4, 0.5) is 11.4 Å². The van der Waals surface area contributed by atoms with E-state index >= 15 is 0 Å². The summed E-state index contributed by atoms with van der Waals surface area (Å²) in [5.74, 6) is 0.509. The Morgan fingerprint density at radius 2 is 1.60 bits per heavy atom. The molecule has 0 aliphatic carbocycles. The van der Waals surface area contributed by atoms with E-state index in [1.54, 1.807) is 31.2 Å². The molecule has 0 unspecified atom stereocenters. The molecule has 3 rings (SSSR count). The Kier molecular flexibility index (Phi) is 4.84. The number of hydrogen-bond donors (Lipinski definition) is 2. The third-order valence-corrected chi connectivity index (χ3v) is 3.92. The van der Waals surface area contributed by atoms with Gasteiger partial charge in [0, 0.05) is 12.8 Å². The average Bonchev–Trinajstić information content (AvgIpc) is 2.95. The van der Waals surface area contributed by atoms with E-state index < -0.39 is 0 Å². The molecule has 0 fully saturated rings. The van der Waals surface area contributed by atoms with Crippen molar-refractivity contribution in [3.63, 3.8) is 0 Å². The third kappa shape index (κ3) is 4.07. The van der Waals surface area contributed by atoms with Crippen LogP contribution in [-0.2, 0) is 22.4 Å². The van der Waals surface area contributed by atoms with E-state index in [0.29, 0.717) is 25.0 Å². The summed E-state index contributed by atoms with van der Waals surface area (Å²) in [4.78, 5) is 24.0. The molecule has 5 nitrogen and oxygen atoms in total. The first-order chi connectivity index (χ1) is 12.0. The van der Waals surface area contributed by atoms with Gasteiger partial charge in [0.2, 0.25) is 0 Å². The van der Waals surface area contributed by atoms with E-state index in [1.165, 1.54) is 0 Å². The molecule has 1 aliphatic rings. The molecule has 0 aromatic heterocycles. The Hall–Kier alpha value is -3.08. The van der Waals surface area contributed by atoms with Gasteiger partial charge in [-0.3, -0.25) is 4.79 Å². The fourth-order valence-corrected chi connectivity index (χ4v) is 2.76. The summed E-state index contributed by atoms with van der Waals surface area (Å²) in [6.07, 6.45) is 0.694. The molecule has 0 bridgehead atoms. The van der Waals surface area contributed by atoms with Crippen LogP contribution in [0.25, 0.3) is 0 Å². The Balaban J connectivity index is 1.60. The normalized spacial score (nSPS) is 12.1. The smallest absolute Gasteiger partial charge is 0.338 e. The van der Waals surface area contributed by atoms with Gasteiger partial charge in [-0.15, -0.1) is 0 Å². The Morgan fingerprint density at radius 1 is 0.960 bits per heavy atom. The highest BCUT2D eigenvalue weighted by Crippen LogP contribution is 2.30. The van der Waals surface area contributed by atoms with Crippen molar-refractivity contribution in [1.82, 2.24) is 0 Å². The van der Waals surface area contributed by atoms with Crippen LogP contribution in [0.2, 0.25) is 0 Å². The zero-order chi connectivity index (χ0) is 17.8. The standard InChI is InChI=1S/C20H20N2O3/c1-3-25-20(24)16-7-4-14(5-8-16)10-17(23)11-15-6-9-18-19(12-15)22-13(2)21-18/h4-9,12,21-22H,2-3,10-11H2,1H3. The number of rotatable bonds is 6. The van der Waals surface area contributed by atoms with Crippen molar-refractivity contribution in [3.8, 4) is 0 Å². The highest BCUT2D eigenvalue weighted by atomic mass is 16.5. The summed E-state index contributed by atoms with van der Waals surface area (Å²) < 4.78 is 4.95. The van der Waals surface area contributed by atoms with Crippen LogP contribution in [0.1, 0.15) is 28.4 Å². The van der Waals surface area contributed by atoms with Gasteiger partial charge in [-0.25, -0.2) is 4.79 Å². The summed E-state index contributed by atoms with van der Waals surface area (Å²) in [5, 5.41) is 6.24. The number of anilines is 2. The number of benzene rings is 2. The number of carbonyl (C=O) groups excluding carboxylic acids is 2. The number of carbonyl (C=O) groups is 2. The van der Waals surface area contributed by atoms with Gasteiger partial charge in [0.05, 0.1) is 23.5 Å². The van der Waals surface area contributed by atoms with Gasteiger partial charge in [-0.1, -0.05) is 24.8 Å². The molecule has 2 N–H and O–H groups in total. The van der Waals surface area contributed by atoms with E-state index in [9.17, 15) is 9.59 Å².